The molecule has 0 aliphatic heterocycles. The van der Waals surface area contributed by atoms with Gasteiger partial charge in [0.1, 0.15) is 5.71 Å². The molecule has 172 valence electrons. The van der Waals surface area contributed by atoms with E-state index in [0.717, 1.165) is 11.1 Å². The van der Waals surface area contributed by atoms with Crippen molar-refractivity contribution < 1.29 is 13.2 Å². The number of nitrogens with zero attached hydrogens (tertiary/aromatic N) is 2. The van der Waals surface area contributed by atoms with E-state index in [9.17, 15) is 13.2 Å². The predicted molar refractivity (Wildman–Crippen MR) is 133 cm³/mol. The molecule has 0 aliphatic rings. The number of allylic oxidation sites excluding steroid dienone is 1. The minimum absolute atomic E-state index is 0.104. The Kier molecular flexibility index (Phi) is 7.85. The molecule has 0 saturated heterocycles. The number of hydrazine groups is 1. The smallest absolute Gasteiger partial charge is 0.274 e. The third-order valence-electron chi connectivity index (χ3n) is 4.30. The van der Waals surface area contributed by atoms with Crippen molar-refractivity contribution in [3.63, 3.8) is 0 Å². The second-order valence-electron chi connectivity index (χ2n) is 7.03. The summed E-state index contributed by atoms with van der Waals surface area (Å²) in [5, 5.41) is 5.23. The quantitative estimate of drug-likeness (QED) is 0.314. The molecule has 0 aliphatic carbocycles. The number of hydrogen-bond donors (Lipinski definition) is 3. The van der Waals surface area contributed by atoms with Crippen LogP contribution in [0.2, 0.25) is 5.02 Å². The molecule has 8 nitrogen and oxygen atoms in total. The number of amides is 1. The minimum atomic E-state index is -3.87. The molecule has 2 aromatic carbocycles. The van der Waals surface area contributed by atoms with Crippen LogP contribution in [-0.2, 0) is 14.8 Å². The number of anilines is 1. The summed E-state index contributed by atoms with van der Waals surface area (Å²) in [6.45, 7) is 5.02. The Morgan fingerprint density at radius 3 is 2.39 bits per heavy atom. The summed E-state index contributed by atoms with van der Waals surface area (Å²) in [7, 11) is -3.87. The van der Waals surface area contributed by atoms with E-state index in [1.165, 1.54) is 30.4 Å². The van der Waals surface area contributed by atoms with Crippen molar-refractivity contribution in [1.82, 2.24) is 15.2 Å². The van der Waals surface area contributed by atoms with Crippen molar-refractivity contribution >= 4 is 55.8 Å². The zero-order chi connectivity index (χ0) is 24.0. The summed E-state index contributed by atoms with van der Waals surface area (Å²) in [4.78, 5) is 18.6. The van der Waals surface area contributed by atoms with Gasteiger partial charge in [0.2, 0.25) is 11.0 Å². The summed E-state index contributed by atoms with van der Waals surface area (Å²) < 4.78 is 25.5. The van der Waals surface area contributed by atoms with Gasteiger partial charge < -0.3 is 0 Å². The van der Waals surface area contributed by atoms with E-state index in [1.54, 1.807) is 43.3 Å². The third-order valence-corrected chi connectivity index (χ3v) is 6.87. The average Bonchev–Trinajstić information content (AvgIpc) is 3.14. The van der Waals surface area contributed by atoms with Crippen LogP contribution in [-0.4, -0.2) is 25.0 Å². The van der Waals surface area contributed by atoms with Crippen LogP contribution in [0.1, 0.15) is 28.6 Å². The summed E-state index contributed by atoms with van der Waals surface area (Å²) in [6.07, 6.45) is 3.47. The Morgan fingerprint density at radius 2 is 1.76 bits per heavy atom. The number of halogens is 1. The maximum Gasteiger partial charge on any atom is 0.276 e. The number of benzene rings is 2. The molecule has 11 heteroatoms. The van der Waals surface area contributed by atoms with E-state index in [1.807, 2.05) is 19.1 Å². The Labute approximate surface area is 201 Å². The number of nitrogens with one attached hydrogen (secondary N) is 3. The topological polar surface area (TPSA) is 113 Å². The molecular weight excluding hydrogens is 482 g/mol. The van der Waals surface area contributed by atoms with E-state index in [2.05, 4.69) is 25.8 Å². The van der Waals surface area contributed by atoms with Gasteiger partial charge in [-0.25, -0.2) is 4.98 Å². The molecule has 0 unspecified atom stereocenters. The Bertz CT molecular complexity index is 1300. The zero-order valence-corrected chi connectivity index (χ0v) is 20.5. The van der Waals surface area contributed by atoms with Crippen LogP contribution >= 0.6 is 22.9 Å². The van der Waals surface area contributed by atoms with E-state index in [-0.39, 0.29) is 10.8 Å². The highest BCUT2D eigenvalue weighted by molar-refractivity contribution is 7.89. The fraction of sp³-hybridized carbons (Fsp3) is 0.136. The van der Waals surface area contributed by atoms with Gasteiger partial charge in [0, 0.05) is 11.9 Å². The number of aryl methyl sites for hydroxylation is 2. The Balaban J connectivity index is 1.95. The SMILES string of the molecule is CC(=O)NNc1nc(C)c(C(/C=C\c2ccc(Cl)cc2)=N/NS(=O)(=O)c2ccc(C)cc2)s1. The molecule has 0 fully saturated rings. The van der Waals surface area contributed by atoms with Crippen LogP contribution in [0.3, 0.4) is 0 Å². The first kappa shape index (κ1) is 24.4. The van der Waals surface area contributed by atoms with Crippen LogP contribution in [0.4, 0.5) is 5.13 Å². The van der Waals surface area contributed by atoms with Crippen molar-refractivity contribution in [2.24, 2.45) is 5.10 Å². The van der Waals surface area contributed by atoms with Gasteiger partial charge in [-0.15, -0.1) is 0 Å². The third kappa shape index (κ3) is 6.88. The molecule has 1 aromatic heterocycles. The number of rotatable bonds is 8. The number of carbonyl (C=O) groups excluding carboxylic acids is 1. The van der Waals surface area contributed by atoms with Crippen molar-refractivity contribution in [1.29, 1.82) is 0 Å². The number of sulfonamides is 1. The van der Waals surface area contributed by atoms with E-state index < -0.39 is 10.0 Å². The lowest BCUT2D eigenvalue weighted by Gasteiger charge is -2.06. The maximum absolute atomic E-state index is 12.7. The highest BCUT2D eigenvalue weighted by Gasteiger charge is 2.16. The molecule has 3 rings (SSSR count). The molecule has 33 heavy (non-hydrogen) atoms. The van der Waals surface area contributed by atoms with Crippen LogP contribution in [0, 0.1) is 13.8 Å². The van der Waals surface area contributed by atoms with Gasteiger partial charge >= 0.3 is 0 Å². The van der Waals surface area contributed by atoms with Gasteiger partial charge in [-0.2, -0.15) is 18.4 Å². The standard InChI is InChI=1S/C22H22ClN5O3S2/c1-14-4-11-19(12-5-14)33(30,31)28-26-20(13-8-17-6-9-18(23)10-7-17)21-15(2)24-22(32-21)27-25-16(3)29/h4-13,28H,1-3H3,(H,24,27)(H,25,29)/b13-8-,26-20+. The van der Waals surface area contributed by atoms with Crippen molar-refractivity contribution in [3.05, 3.63) is 81.3 Å². The van der Waals surface area contributed by atoms with Gasteiger partial charge in [-0.05, 0) is 49.8 Å². The normalized spacial score (nSPS) is 12.1. The summed E-state index contributed by atoms with van der Waals surface area (Å²) >= 11 is 7.17. The molecule has 0 atom stereocenters. The van der Waals surface area contributed by atoms with Crippen LogP contribution in [0.5, 0.6) is 0 Å². The van der Waals surface area contributed by atoms with E-state index >= 15 is 0 Å². The highest BCUT2D eigenvalue weighted by Crippen LogP contribution is 2.24. The van der Waals surface area contributed by atoms with E-state index in [0.29, 0.717) is 26.4 Å². The summed E-state index contributed by atoms with van der Waals surface area (Å²) in [6, 6.07) is 13.6. The van der Waals surface area contributed by atoms with Gasteiger partial charge in [0.25, 0.3) is 10.0 Å². The molecule has 1 amide bonds. The number of hydrazone groups is 1. The zero-order valence-electron chi connectivity index (χ0n) is 18.1. The van der Waals surface area contributed by atoms with Crippen LogP contribution < -0.4 is 15.7 Å². The van der Waals surface area contributed by atoms with E-state index in [4.69, 9.17) is 11.6 Å². The van der Waals surface area contributed by atoms with Crippen molar-refractivity contribution in [3.8, 4) is 0 Å². The van der Waals surface area contributed by atoms with Crippen molar-refractivity contribution in [2.75, 3.05) is 5.43 Å². The number of aromatic nitrogens is 1. The van der Waals surface area contributed by atoms with Gasteiger partial charge in [0.05, 0.1) is 15.5 Å². The largest absolute Gasteiger partial charge is 0.276 e. The molecule has 3 N–H and O–H groups in total. The van der Waals surface area contributed by atoms with Crippen LogP contribution in [0.15, 0.2) is 64.6 Å². The summed E-state index contributed by atoms with van der Waals surface area (Å²) in [5.41, 5.74) is 7.95. The van der Waals surface area contributed by atoms with Crippen molar-refractivity contribution in [2.45, 2.75) is 25.7 Å². The van der Waals surface area contributed by atoms with Gasteiger partial charge in [-0.3, -0.25) is 15.6 Å². The highest BCUT2D eigenvalue weighted by atomic mass is 35.5. The lowest BCUT2D eigenvalue weighted by atomic mass is 10.1. The van der Waals surface area contributed by atoms with Gasteiger partial charge in [0.15, 0.2) is 0 Å². The summed E-state index contributed by atoms with van der Waals surface area (Å²) in [5.74, 6) is -0.271. The molecule has 3 aromatic rings. The first-order valence-electron chi connectivity index (χ1n) is 9.74. The average molecular weight is 504 g/mol. The molecule has 0 spiro atoms. The first-order valence-corrected chi connectivity index (χ1v) is 12.4. The monoisotopic (exact) mass is 503 g/mol. The second kappa shape index (κ2) is 10.6. The fourth-order valence-corrected chi connectivity index (χ4v) is 4.46. The molecule has 1 heterocycles. The predicted octanol–water partition coefficient (Wildman–Crippen LogP) is 4.27. The number of carbonyl (C=O) groups is 1. The number of thiazole rings is 1. The lowest BCUT2D eigenvalue weighted by molar-refractivity contribution is -0.118. The Morgan fingerprint density at radius 1 is 1.09 bits per heavy atom. The minimum Gasteiger partial charge on any atom is -0.274 e. The van der Waals surface area contributed by atoms with Gasteiger partial charge in [-0.1, -0.05) is 58.8 Å². The maximum atomic E-state index is 12.7. The fourth-order valence-electron chi connectivity index (χ4n) is 2.62. The molecular formula is C22H22ClN5O3S2. The lowest BCUT2D eigenvalue weighted by Crippen LogP contribution is -2.26. The first-order chi connectivity index (χ1) is 15.6. The Hall–Kier alpha value is -3.21. The second-order valence-corrected chi connectivity index (χ2v) is 10.1. The molecule has 0 saturated carbocycles. The number of hydrogen-bond acceptors (Lipinski definition) is 7. The molecule has 0 radical (unpaired) electrons. The van der Waals surface area contributed by atoms with Crippen LogP contribution in [0.25, 0.3) is 6.08 Å². The molecule has 0 bridgehead atoms.